The lowest BCUT2D eigenvalue weighted by Crippen LogP contribution is -2.36. The number of hydrogen-bond acceptors (Lipinski definition) is 9. The molecule has 35 heavy (non-hydrogen) atoms. The first-order valence-corrected chi connectivity index (χ1v) is 11.9. The molecule has 0 unspecified atom stereocenters. The zero-order valence-corrected chi connectivity index (χ0v) is 19.5. The van der Waals surface area contributed by atoms with Gasteiger partial charge < -0.3 is 34.1 Å². The lowest BCUT2D eigenvalue weighted by molar-refractivity contribution is 0.122. The molecule has 0 aliphatic carbocycles. The van der Waals surface area contributed by atoms with Gasteiger partial charge in [0.15, 0.2) is 11.5 Å². The molecule has 2 aliphatic heterocycles. The molecule has 0 radical (unpaired) electrons. The molecule has 0 spiro atoms. The van der Waals surface area contributed by atoms with Gasteiger partial charge in [-0.1, -0.05) is 0 Å². The molecule has 10 nitrogen and oxygen atoms in total. The minimum atomic E-state index is 0.585. The summed E-state index contributed by atoms with van der Waals surface area (Å²) in [5, 5.41) is 6.79. The minimum Gasteiger partial charge on any atom is -0.492 e. The van der Waals surface area contributed by atoms with Crippen LogP contribution in [0.4, 0.5) is 22.9 Å². The third-order valence-corrected chi connectivity index (χ3v) is 6.05. The molecule has 1 saturated heterocycles. The molecule has 10 heteroatoms. The van der Waals surface area contributed by atoms with Gasteiger partial charge in [0.2, 0.25) is 5.88 Å². The summed E-state index contributed by atoms with van der Waals surface area (Å²) in [5.74, 6) is 2.10. The van der Waals surface area contributed by atoms with E-state index in [2.05, 4.69) is 31.6 Å². The predicted molar refractivity (Wildman–Crippen MR) is 134 cm³/mol. The number of nitrogens with one attached hydrogen (secondary N) is 2. The Morgan fingerprint density at radius 2 is 2.06 bits per heavy atom. The summed E-state index contributed by atoms with van der Waals surface area (Å²) in [5.41, 5.74) is 5.21. The lowest BCUT2D eigenvalue weighted by Gasteiger charge is -2.30. The van der Waals surface area contributed by atoms with Crippen LogP contribution in [0.25, 0.3) is 16.9 Å². The SMILES string of the molecule is CCOc1cc(Nc2nc(-c3cnc4c(c3)NCCO4)cn3ccnc23)ccc1N1CCOCC1. The third kappa shape index (κ3) is 4.28. The zero-order chi connectivity index (χ0) is 23.6. The minimum absolute atomic E-state index is 0.585. The Hall–Kier alpha value is -4.05. The van der Waals surface area contributed by atoms with Gasteiger partial charge in [-0.3, -0.25) is 0 Å². The van der Waals surface area contributed by atoms with Crippen molar-refractivity contribution < 1.29 is 14.2 Å². The van der Waals surface area contributed by atoms with Crippen molar-refractivity contribution in [2.45, 2.75) is 6.92 Å². The van der Waals surface area contributed by atoms with Crippen molar-refractivity contribution in [2.24, 2.45) is 0 Å². The second-order valence-electron chi connectivity index (χ2n) is 8.32. The van der Waals surface area contributed by atoms with E-state index in [-0.39, 0.29) is 0 Å². The highest BCUT2D eigenvalue weighted by Gasteiger charge is 2.18. The first-order chi connectivity index (χ1) is 17.3. The Bertz CT molecular complexity index is 1350. The van der Waals surface area contributed by atoms with Crippen molar-refractivity contribution in [2.75, 3.05) is 61.6 Å². The quantitative estimate of drug-likeness (QED) is 0.435. The van der Waals surface area contributed by atoms with Gasteiger partial charge in [-0.15, -0.1) is 0 Å². The molecular formula is C25H27N7O3. The van der Waals surface area contributed by atoms with Gasteiger partial charge in [-0.2, -0.15) is 0 Å². The normalized spacial score (nSPS) is 15.3. The number of benzene rings is 1. The van der Waals surface area contributed by atoms with Gasteiger partial charge in [0, 0.05) is 61.7 Å². The summed E-state index contributed by atoms with van der Waals surface area (Å²) < 4.78 is 19.1. The fraction of sp³-hybridized carbons (Fsp3) is 0.320. The molecule has 4 aromatic rings. The number of morpholine rings is 1. The number of nitrogens with zero attached hydrogens (tertiary/aromatic N) is 5. The molecule has 2 N–H and O–H groups in total. The maximum absolute atomic E-state index is 6.00. The Morgan fingerprint density at radius 1 is 1.14 bits per heavy atom. The van der Waals surface area contributed by atoms with E-state index < -0.39 is 0 Å². The lowest BCUT2D eigenvalue weighted by atomic mass is 10.2. The second kappa shape index (κ2) is 9.30. The van der Waals surface area contributed by atoms with Crippen molar-refractivity contribution >= 4 is 28.5 Å². The first-order valence-electron chi connectivity index (χ1n) is 11.9. The molecular weight excluding hydrogens is 446 g/mol. The molecule has 3 aromatic heterocycles. The number of aromatic nitrogens is 4. The number of pyridine rings is 1. The van der Waals surface area contributed by atoms with Crippen LogP contribution in [-0.4, -0.2) is 65.4 Å². The number of ether oxygens (including phenoxy) is 3. The standard InChI is InChI=1S/C25H27N7O3/c1-2-34-22-14-18(3-4-21(22)31-8-11-33-12-9-31)29-23-24-27-5-7-32(24)16-20(30-23)17-13-19-25(28-15-17)35-10-6-26-19/h3-5,7,13-16,26H,2,6,8-12H2,1H3,(H,29,30). The van der Waals surface area contributed by atoms with Crippen LogP contribution in [0.3, 0.4) is 0 Å². The van der Waals surface area contributed by atoms with Crippen LogP contribution < -0.4 is 25.0 Å². The number of rotatable bonds is 6. The number of hydrogen-bond donors (Lipinski definition) is 2. The van der Waals surface area contributed by atoms with Crippen LogP contribution in [0.1, 0.15) is 6.92 Å². The average molecular weight is 474 g/mol. The van der Waals surface area contributed by atoms with Gasteiger partial charge in [0.05, 0.1) is 36.9 Å². The Morgan fingerprint density at radius 3 is 2.94 bits per heavy atom. The topological polar surface area (TPSA) is 98.1 Å². The van der Waals surface area contributed by atoms with E-state index >= 15 is 0 Å². The maximum Gasteiger partial charge on any atom is 0.237 e. The maximum atomic E-state index is 6.00. The smallest absolute Gasteiger partial charge is 0.237 e. The largest absolute Gasteiger partial charge is 0.492 e. The van der Waals surface area contributed by atoms with E-state index in [0.717, 1.165) is 72.6 Å². The molecule has 1 aromatic carbocycles. The van der Waals surface area contributed by atoms with Crippen LogP contribution in [0, 0.1) is 0 Å². The average Bonchev–Trinajstić information content (AvgIpc) is 3.39. The number of anilines is 4. The molecule has 0 saturated carbocycles. The van der Waals surface area contributed by atoms with Crippen LogP contribution >= 0.6 is 0 Å². The van der Waals surface area contributed by atoms with E-state index in [9.17, 15) is 0 Å². The summed E-state index contributed by atoms with van der Waals surface area (Å²) in [6.45, 7) is 7.08. The van der Waals surface area contributed by atoms with Crippen LogP contribution in [0.5, 0.6) is 11.6 Å². The van der Waals surface area contributed by atoms with Crippen LogP contribution in [0.2, 0.25) is 0 Å². The van der Waals surface area contributed by atoms with E-state index in [0.29, 0.717) is 24.9 Å². The van der Waals surface area contributed by atoms with Crippen molar-refractivity contribution in [3.8, 4) is 22.9 Å². The van der Waals surface area contributed by atoms with E-state index in [1.54, 1.807) is 12.4 Å². The molecule has 5 heterocycles. The molecule has 0 atom stereocenters. The van der Waals surface area contributed by atoms with Gasteiger partial charge >= 0.3 is 0 Å². The number of imidazole rings is 1. The fourth-order valence-electron chi connectivity index (χ4n) is 4.39. The molecule has 0 bridgehead atoms. The van der Waals surface area contributed by atoms with Gasteiger partial charge in [-0.25, -0.2) is 15.0 Å². The molecule has 1 fully saturated rings. The summed E-state index contributed by atoms with van der Waals surface area (Å²) in [6, 6.07) is 8.16. The summed E-state index contributed by atoms with van der Waals surface area (Å²) in [7, 11) is 0. The Labute approximate surface area is 202 Å². The summed E-state index contributed by atoms with van der Waals surface area (Å²) in [6.07, 6.45) is 7.41. The molecule has 2 aliphatic rings. The van der Waals surface area contributed by atoms with E-state index in [1.165, 1.54) is 0 Å². The van der Waals surface area contributed by atoms with Crippen LogP contribution in [-0.2, 0) is 4.74 Å². The highest BCUT2D eigenvalue weighted by atomic mass is 16.5. The van der Waals surface area contributed by atoms with Gasteiger partial charge in [-0.05, 0) is 25.1 Å². The fourth-order valence-corrected chi connectivity index (χ4v) is 4.39. The van der Waals surface area contributed by atoms with E-state index in [1.807, 2.05) is 41.9 Å². The monoisotopic (exact) mass is 473 g/mol. The highest BCUT2D eigenvalue weighted by Crippen LogP contribution is 2.34. The van der Waals surface area contributed by atoms with Crippen molar-refractivity contribution in [1.29, 1.82) is 0 Å². The predicted octanol–water partition coefficient (Wildman–Crippen LogP) is 3.57. The second-order valence-corrected chi connectivity index (χ2v) is 8.32. The van der Waals surface area contributed by atoms with E-state index in [4.69, 9.17) is 19.2 Å². The summed E-state index contributed by atoms with van der Waals surface area (Å²) in [4.78, 5) is 16.2. The Kier molecular flexibility index (Phi) is 5.71. The first kappa shape index (κ1) is 21.5. The molecule has 6 rings (SSSR count). The highest BCUT2D eigenvalue weighted by molar-refractivity contribution is 5.77. The van der Waals surface area contributed by atoms with Crippen molar-refractivity contribution in [3.05, 3.63) is 49.1 Å². The van der Waals surface area contributed by atoms with Crippen molar-refractivity contribution in [1.82, 2.24) is 19.4 Å². The number of fused-ring (bicyclic) bond motifs is 2. The van der Waals surface area contributed by atoms with Gasteiger partial charge in [0.1, 0.15) is 12.4 Å². The van der Waals surface area contributed by atoms with Crippen molar-refractivity contribution in [3.63, 3.8) is 0 Å². The third-order valence-electron chi connectivity index (χ3n) is 6.05. The summed E-state index contributed by atoms with van der Waals surface area (Å²) >= 11 is 0. The van der Waals surface area contributed by atoms with Crippen LogP contribution in [0.15, 0.2) is 49.1 Å². The molecule has 0 amide bonds. The van der Waals surface area contributed by atoms with Gasteiger partial charge in [0.25, 0.3) is 0 Å². The Balaban J connectivity index is 1.35. The zero-order valence-electron chi connectivity index (χ0n) is 19.5. The molecule has 180 valence electrons.